The van der Waals surface area contributed by atoms with Gasteiger partial charge in [-0.2, -0.15) is 0 Å². The lowest BCUT2D eigenvalue weighted by atomic mass is 9.96. The number of fused-ring (bicyclic) bond motifs is 1. The van der Waals surface area contributed by atoms with Gasteiger partial charge >= 0.3 is 5.97 Å². The highest BCUT2D eigenvalue weighted by molar-refractivity contribution is 6.20. The van der Waals surface area contributed by atoms with Crippen LogP contribution in [0.3, 0.4) is 0 Å². The first-order chi connectivity index (χ1) is 11.5. The second kappa shape index (κ2) is 6.43. The highest BCUT2D eigenvalue weighted by Gasteiger charge is 2.25. The van der Waals surface area contributed by atoms with E-state index in [0.717, 1.165) is 19.3 Å². The van der Waals surface area contributed by atoms with Gasteiger partial charge in [-0.25, -0.2) is 4.79 Å². The summed E-state index contributed by atoms with van der Waals surface area (Å²) in [7, 11) is 0. The maximum absolute atomic E-state index is 12.3. The summed E-state index contributed by atoms with van der Waals surface area (Å²) in [5.41, 5.74) is 0.658. The van der Waals surface area contributed by atoms with Crippen molar-refractivity contribution in [1.82, 2.24) is 0 Å². The molecule has 1 heterocycles. The maximum Gasteiger partial charge on any atom is 0.342 e. The number of ketones is 1. The summed E-state index contributed by atoms with van der Waals surface area (Å²) < 4.78 is 11.0. The van der Waals surface area contributed by atoms with E-state index in [2.05, 4.69) is 0 Å². The zero-order chi connectivity index (χ0) is 17.3. The number of rotatable bonds is 4. The van der Waals surface area contributed by atoms with E-state index in [9.17, 15) is 14.4 Å². The SMILES string of the molecule is CC(=O)C(=Cc1cccc2c(=O)cc(C)oc12)C(=O)OC1CCC1. The molecule has 0 N–H and O–H groups in total. The Balaban J connectivity index is 2.06. The largest absolute Gasteiger partial charge is 0.460 e. The first-order valence-corrected chi connectivity index (χ1v) is 7.93. The van der Waals surface area contributed by atoms with Gasteiger partial charge in [-0.05, 0) is 45.3 Å². The average Bonchev–Trinajstić information content (AvgIpc) is 2.48. The summed E-state index contributed by atoms with van der Waals surface area (Å²) >= 11 is 0. The summed E-state index contributed by atoms with van der Waals surface area (Å²) in [5.74, 6) is -0.541. The van der Waals surface area contributed by atoms with E-state index in [0.29, 0.717) is 22.3 Å². The smallest absolute Gasteiger partial charge is 0.342 e. The van der Waals surface area contributed by atoms with Crippen LogP contribution in [0.25, 0.3) is 17.0 Å². The standard InChI is InChI=1S/C19H18O5/c1-11-9-17(21)15-8-3-5-13(18(15)23-11)10-16(12(2)20)19(22)24-14-6-4-7-14/h3,5,8-10,14H,4,6-7H2,1-2H3. The number of hydrogen-bond acceptors (Lipinski definition) is 5. The topological polar surface area (TPSA) is 73.6 Å². The fraction of sp³-hybridized carbons (Fsp3) is 0.316. The van der Waals surface area contributed by atoms with Crippen LogP contribution >= 0.6 is 0 Å². The molecule has 1 aromatic carbocycles. The van der Waals surface area contributed by atoms with Crippen molar-refractivity contribution < 1.29 is 18.7 Å². The number of aryl methyl sites for hydroxylation is 1. The lowest BCUT2D eigenvalue weighted by molar-refractivity contribution is -0.148. The molecule has 0 bridgehead atoms. The Morgan fingerprint density at radius 3 is 2.67 bits per heavy atom. The quantitative estimate of drug-likeness (QED) is 0.373. The number of benzene rings is 1. The molecular weight excluding hydrogens is 308 g/mol. The Labute approximate surface area is 138 Å². The molecular formula is C19H18O5. The van der Waals surface area contributed by atoms with Gasteiger partial charge in [-0.3, -0.25) is 9.59 Å². The van der Waals surface area contributed by atoms with E-state index < -0.39 is 5.97 Å². The summed E-state index contributed by atoms with van der Waals surface area (Å²) in [6.07, 6.45) is 4.03. The van der Waals surface area contributed by atoms with Gasteiger partial charge in [0, 0.05) is 11.6 Å². The third-order valence-corrected chi connectivity index (χ3v) is 4.13. The second-order valence-electron chi connectivity index (χ2n) is 6.02. The first-order valence-electron chi connectivity index (χ1n) is 7.93. The van der Waals surface area contributed by atoms with E-state index in [-0.39, 0.29) is 22.9 Å². The third-order valence-electron chi connectivity index (χ3n) is 4.13. The molecule has 0 saturated heterocycles. The molecule has 0 aliphatic heterocycles. The number of hydrogen-bond donors (Lipinski definition) is 0. The molecule has 24 heavy (non-hydrogen) atoms. The molecule has 1 aliphatic rings. The van der Waals surface area contributed by atoms with Crippen LogP contribution in [-0.4, -0.2) is 17.9 Å². The van der Waals surface area contributed by atoms with E-state index in [1.807, 2.05) is 0 Å². The van der Waals surface area contributed by atoms with E-state index in [4.69, 9.17) is 9.15 Å². The molecule has 124 valence electrons. The average molecular weight is 326 g/mol. The molecule has 0 amide bonds. The van der Waals surface area contributed by atoms with Gasteiger partial charge in [0.25, 0.3) is 0 Å². The molecule has 0 spiro atoms. The Morgan fingerprint density at radius 1 is 1.29 bits per heavy atom. The summed E-state index contributed by atoms with van der Waals surface area (Å²) in [6, 6.07) is 6.45. The van der Waals surface area contributed by atoms with Crippen LogP contribution in [0.5, 0.6) is 0 Å². The molecule has 2 aromatic rings. The number of Topliss-reactive ketones (excluding diaryl/α,β-unsaturated/α-hetero) is 1. The molecule has 0 unspecified atom stereocenters. The minimum atomic E-state index is -0.626. The van der Waals surface area contributed by atoms with E-state index in [1.54, 1.807) is 25.1 Å². The van der Waals surface area contributed by atoms with Crippen molar-refractivity contribution in [2.45, 2.75) is 39.2 Å². The number of esters is 1. The first kappa shape index (κ1) is 16.2. The van der Waals surface area contributed by atoms with Gasteiger partial charge in [0.05, 0.1) is 5.39 Å². The van der Waals surface area contributed by atoms with Crippen LogP contribution in [0.1, 0.15) is 37.5 Å². The number of ether oxygens (including phenoxy) is 1. The van der Waals surface area contributed by atoms with Crippen molar-refractivity contribution in [2.24, 2.45) is 0 Å². The molecule has 5 nitrogen and oxygen atoms in total. The van der Waals surface area contributed by atoms with Crippen molar-refractivity contribution >= 4 is 28.8 Å². The van der Waals surface area contributed by atoms with Crippen molar-refractivity contribution in [3.05, 3.63) is 51.4 Å². The van der Waals surface area contributed by atoms with Gasteiger partial charge in [0.2, 0.25) is 0 Å². The minimum Gasteiger partial charge on any atom is -0.460 e. The van der Waals surface area contributed by atoms with Crippen molar-refractivity contribution in [2.75, 3.05) is 0 Å². The van der Waals surface area contributed by atoms with E-state index >= 15 is 0 Å². The molecule has 1 aromatic heterocycles. The van der Waals surface area contributed by atoms with Gasteiger partial charge < -0.3 is 9.15 Å². The fourth-order valence-corrected chi connectivity index (χ4v) is 2.59. The van der Waals surface area contributed by atoms with Crippen molar-refractivity contribution in [3.63, 3.8) is 0 Å². The highest BCUT2D eigenvalue weighted by atomic mass is 16.5. The number of para-hydroxylation sites is 1. The van der Waals surface area contributed by atoms with Crippen LogP contribution in [0.15, 0.2) is 39.1 Å². The predicted molar refractivity (Wildman–Crippen MR) is 89.6 cm³/mol. The molecule has 5 heteroatoms. The predicted octanol–water partition coefficient (Wildman–Crippen LogP) is 3.17. The zero-order valence-corrected chi connectivity index (χ0v) is 13.6. The molecule has 0 atom stereocenters. The molecule has 1 saturated carbocycles. The van der Waals surface area contributed by atoms with Gasteiger partial charge in [0.1, 0.15) is 23.0 Å². The Morgan fingerprint density at radius 2 is 2.04 bits per heavy atom. The molecule has 1 aliphatic carbocycles. The van der Waals surface area contributed by atoms with Gasteiger partial charge in [-0.1, -0.05) is 12.1 Å². The van der Waals surface area contributed by atoms with Gasteiger partial charge in [-0.15, -0.1) is 0 Å². The highest BCUT2D eigenvalue weighted by Crippen LogP contribution is 2.25. The van der Waals surface area contributed by atoms with Crippen molar-refractivity contribution in [3.8, 4) is 0 Å². The zero-order valence-electron chi connectivity index (χ0n) is 13.6. The number of carbonyl (C=O) groups excluding carboxylic acids is 2. The van der Waals surface area contributed by atoms with Gasteiger partial charge in [0.15, 0.2) is 11.2 Å². The minimum absolute atomic E-state index is 0.0430. The lowest BCUT2D eigenvalue weighted by Crippen LogP contribution is -2.27. The monoisotopic (exact) mass is 326 g/mol. The van der Waals surface area contributed by atoms with E-state index in [1.165, 1.54) is 19.1 Å². The van der Waals surface area contributed by atoms with Crippen molar-refractivity contribution in [1.29, 1.82) is 0 Å². The lowest BCUT2D eigenvalue weighted by Gasteiger charge is -2.25. The molecule has 1 fully saturated rings. The maximum atomic E-state index is 12.3. The fourth-order valence-electron chi connectivity index (χ4n) is 2.59. The second-order valence-corrected chi connectivity index (χ2v) is 6.02. The Hall–Kier alpha value is -2.69. The third kappa shape index (κ3) is 3.15. The van der Waals surface area contributed by atoms with Crippen LogP contribution in [0.4, 0.5) is 0 Å². The molecule has 0 radical (unpaired) electrons. The van der Waals surface area contributed by atoms with Crippen LogP contribution in [-0.2, 0) is 14.3 Å². The number of carbonyl (C=O) groups is 2. The molecule has 3 rings (SSSR count). The van der Waals surface area contributed by atoms with Crippen LogP contribution in [0, 0.1) is 6.92 Å². The Bertz CT molecular complexity index is 900. The normalized spacial score (nSPS) is 15.2. The van der Waals surface area contributed by atoms with Crippen LogP contribution < -0.4 is 5.43 Å². The summed E-state index contributed by atoms with van der Waals surface area (Å²) in [4.78, 5) is 36.2. The summed E-state index contributed by atoms with van der Waals surface area (Å²) in [5, 5.41) is 0.407. The Kier molecular flexibility index (Phi) is 4.34. The summed E-state index contributed by atoms with van der Waals surface area (Å²) in [6.45, 7) is 3.00. The van der Waals surface area contributed by atoms with Crippen LogP contribution in [0.2, 0.25) is 0 Å².